The van der Waals surface area contributed by atoms with Crippen LogP contribution in [0.3, 0.4) is 0 Å². The minimum absolute atomic E-state index is 0.00322. The molecule has 0 saturated carbocycles. The van der Waals surface area contributed by atoms with Gasteiger partial charge in [0.15, 0.2) is 0 Å². The Bertz CT molecular complexity index is 631. The van der Waals surface area contributed by atoms with E-state index in [1.165, 1.54) is 6.07 Å². The molecule has 0 aromatic heterocycles. The van der Waals surface area contributed by atoms with Gasteiger partial charge in [-0.1, -0.05) is 18.2 Å². The predicted octanol–water partition coefficient (Wildman–Crippen LogP) is 3.99. The van der Waals surface area contributed by atoms with E-state index in [1.807, 2.05) is 6.07 Å². The lowest BCUT2D eigenvalue weighted by Crippen LogP contribution is -2.14. The van der Waals surface area contributed by atoms with E-state index in [0.29, 0.717) is 12.3 Å². The lowest BCUT2D eigenvalue weighted by Gasteiger charge is -2.08. The Morgan fingerprint density at radius 3 is 2.80 bits per heavy atom. The van der Waals surface area contributed by atoms with Crippen molar-refractivity contribution >= 4 is 27.5 Å². The molecule has 0 heterocycles. The lowest BCUT2D eigenvalue weighted by atomic mass is 10.1. The highest BCUT2D eigenvalue weighted by Crippen LogP contribution is 2.20. The van der Waals surface area contributed by atoms with Gasteiger partial charge in [-0.3, -0.25) is 4.79 Å². The van der Waals surface area contributed by atoms with Crippen molar-refractivity contribution < 1.29 is 13.9 Å². The third kappa shape index (κ3) is 3.43. The van der Waals surface area contributed by atoms with Gasteiger partial charge in [-0.2, -0.15) is 0 Å². The van der Waals surface area contributed by atoms with Crippen LogP contribution in [0, 0.1) is 5.82 Å². The van der Waals surface area contributed by atoms with Crippen molar-refractivity contribution in [2.24, 2.45) is 0 Å². The number of benzene rings is 2. The maximum absolute atomic E-state index is 13.8. The Hall–Kier alpha value is -1.72. The summed E-state index contributed by atoms with van der Waals surface area (Å²) in [6.45, 7) is 0.453. The minimum atomic E-state index is -0.571. The van der Waals surface area contributed by atoms with Gasteiger partial charge in [0, 0.05) is 12.8 Å². The average molecular weight is 338 g/mol. The highest BCUT2D eigenvalue weighted by atomic mass is 79.9. The van der Waals surface area contributed by atoms with E-state index in [-0.39, 0.29) is 10.0 Å². The van der Waals surface area contributed by atoms with Crippen LogP contribution in [0.4, 0.5) is 10.1 Å². The summed E-state index contributed by atoms with van der Waals surface area (Å²) in [5.41, 5.74) is 1.53. The third-order valence-electron chi connectivity index (χ3n) is 2.69. The maximum Gasteiger partial charge on any atom is 0.258 e. The first kappa shape index (κ1) is 14.7. The maximum atomic E-state index is 13.8. The number of carbonyl (C=O) groups excluding carboxylic acids is 1. The zero-order valence-corrected chi connectivity index (χ0v) is 12.4. The van der Waals surface area contributed by atoms with E-state index >= 15 is 0 Å². The molecule has 20 heavy (non-hydrogen) atoms. The summed E-state index contributed by atoms with van der Waals surface area (Å²) < 4.78 is 19.1. The van der Waals surface area contributed by atoms with Crippen molar-refractivity contribution in [3.63, 3.8) is 0 Å². The second kappa shape index (κ2) is 6.63. The van der Waals surface area contributed by atoms with E-state index in [9.17, 15) is 9.18 Å². The molecule has 0 fully saturated rings. The molecular formula is C15H13BrFNO2. The Labute approximate surface area is 124 Å². The lowest BCUT2D eigenvalue weighted by molar-refractivity contribution is 0.102. The van der Waals surface area contributed by atoms with Gasteiger partial charge in [-0.05, 0) is 45.8 Å². The standard InChI is InChI=1S/C15H13BrFNO2/c1-20-9-10-4-2-5-11(8-10)18-15(19)12-6-3-7-13(16)14(12)17/h2-8H,9H2,1H3,(H,18,19). The van der Waals surface area contributed by atoms with Crippen LogP contribution in [-0.4, -0.2) is 13.0 Å². The summed E-state index contributed by atoms with van der Waals surface area (Å²) in [6.07, 6.45) is 0. The number of rotatable bonds is 4. The van der Waals surface area contributed by atoms with Crippen LogP contribution in [0.2, 0.25) is 0 Å². The molecule has 2 rings (SSSR count). The van der Waals surface area contributed by atoms with E-state index in [4.69, 9.17) is 4.74 Å². The fourth-order valence-corrected chi connectivity index (χ4v) is 2.15. The summed E-state index contributed by atoms with van der Waals surface area (Å²) >= 11 is 3.06. The Kier molecular flexibility index (Phi) is 4.87. The fourth-order valence-electron chi connectivity index (χ4n) is 1.78. The largest absolute Gasteiger partial charge is 0.380 e. The number of anilines is 1. The molecule has 1 N–H and O–H groups in total. The van der Waals surface area contributed by atoms with Gasteiger partial charge in [0.2, 0.25) is 0 Å². The summed E-state index contributed by atoms with van der Waals surface area (Å²) in [6, 6.07) is 11.8. The van der Waals surface area contributed by atoms with Crippen LogP contribution < -0.4 is 5.32 Å². The Morgan fingerprint density at radius 1 is 1.30 bits per heavy atom. The first-order valence-electron chi connectivity index (χ1n) is 5.95. The quantitative estimate of drug-likeness (QED) is 0.916. The second-order valence-electron chi connectivity index (χ2n) is 4.19. The van der Waals surface area contributed by atoms with Gasteiger partial charge < -0.3 is 10.1 Å². The highest BCUT2D eigenvalue weighted by Gasteiger charge is 2.14. The van der Waals surface area contributed by atoms with Gasteiger partial charge in [0.25, 0.3) is 5.91 Å². The smallest absolute Gasteiger partial charge is 0.258 e. The number of ether oxygens (including phenoxy) is 1. The van der Waals surface area contributed by atoms with Gasteiger partial charge in [0.05, 0.1) is 16.6 Å². The number of halogens is 2. The van der Waals surface area contributed by atoms with Crippen LogP contribution in [0.15, 0.2) is 46.9 Å². The molecule has 1 amide bonds. The van der Waals surface area contributed by atoms with Crippen LogP contribution in [0.25, 0.3) is 0 Å². The second-order valence-corrected chi connectivity index (χ2v) is 5.04. The van der Waals surface area contributed by atoms with Crippen LogP contribution in [0.5, 0.6) is 0 Å². The number of hydrogen-bond donors (Lipinski definition) is 1. The summed E-state index contributed by atoms with van der Waals surface area (Å²) in [5, 5.41) is 2.67. The number of amides is 1. The molecular weight excluding hydrogens is 325 g/mol. The van der Waals surface area contributed by atoms with Crippen molar-refractivity contribution in [2.75, 3.05) is 12.4 Å². The van der Waals surface area contributed by atoms with Gasteiger partial charge in [-0.25, -0.2) is 4.39 Å². The van der Waals surface area contributed by atoms with E-state index in [2.05, 4.69) is 21.2 Å². The molecule has 0 saturated heterocycles. The van der Waals surface area contributed by atoms with Gasteiger partial charge in [-0.15, -0.1) is 0 Å². The molecule has 0 spiro atoms. The zero-order valence-electron chi connectivity index (χ0n) is 10.8. The van der Waals surface area contributed by atoms with Crippen LogP contribution in [0.1, 0.15) is 15.9 Å². The van der Waals surface area contributed by atoms with E-state index in [0.717, 1.165) is 5.56 Å². The van der Waals surface area contributed by atoms with E-state index < -0.39 is 11.7 Å². The van der Waals surface area contributed by atoms with Crippen molar-refractivity contribution in [1.29, 1.82) is 0 Å². The molecule has 0 unspecified atom stereocenters. The molecule has 0 radical (unpaired) electrons. The number of nitrogens with one attached hydrogen (secondary N) is 1. The van der Waals surface area contributed by atoms with Gasteiger partial charge in [0.1, 0.15) is 5.82 Å². The molecule has 0 bridgehead atoms. The molecule has 2 aromatic carbocycles. The first-order valence-corrected chi connectivity index (χ1v) is 6.74. The van der Waals surface area contributed by atoms with E-state index in [1.54, 1.807) is 37.4 Å². The molecule has 0 aliphatic carbocycles. The molecule has 0 atom stereocenters. The van der Waals surface area contributed by atoms with Crippen molar-refractivity contribution in [1.82, 2.24) is 0 Å². The SMILES string of the molecule is COCc1cccc(NC(=O)c2cccc(Br)c2F)c1. The highest BCUT2D eigenvalue weighted by molar-refractivity contribution is 9.10. The van der Waals surface area contributed by atoms with Crippen molar-refractivity contribution in [3.8, 4) is 0 Å². The molecule has 3 nitrogen and oxygen atoms in total. The summed E-state index contributed by atoms with van der Waals surface area (Å²) in [7, 11) is 1.60. The van der Waals surface area contributed by atoms with Crippen molar-refractivity contribution in [3.05, 3.63) is 63.9 Å². The number of carbonyl (C=O) groups is 1. The number of hydrogen-bond acceptors (Lipinski definition) is 2. The third-order valence-corrected chi connectivity index (χ3v) is 3.30. The number of methoxy groups -OCH3 is 1. The molecule has 2 aromatic rings. The Morgan fingerprint density at radius 2 is 2.05 bits per heavy atom. The topological polar surface area (TPSA) is 38.3 Å². The van der Waals surface area contributed by atoms with Crippen LogP contribution in [-0.2, 0) is 11.3 Å². The normalized spacial score (nSPS) is 10.3. The molecule has 5 heteroatoms. The first-order chi connectivity index (χ1) is 9.61. The molecule has 0 aliphatic rings. The summed E-state index contributed by atoms with van der Waals surface area (Å²) in [4.78, 5) is 12.1. The summed E-state index contributed by atoms with van der Waals surface area (Å²) in [5.74, 6) is -1.06. The van der Waals surface area contributed by atoms with Gasteiger partial charge >= 0.3 is 0 Å². The monoisotopic (exact) mass is 337 g/mol. The molecule has 104 valence electrons. The predicted molar refractivity (Wildman–Crippen MR) is 79.2 cm³/mol. The van der Waals surface area contributed by atoms with Crippen LogP contribution >= 0.6 is 15.9 Å². The zero-order chi connectivity index (χ0) is 14.5. The van der Waals surface area contributed by atoms with Crippen molar-refractivity contribution in [2.45, 2.75) is 6.61 Å². The average Bonchev–Trinajstić information content (AvgIpc) is 2.42. The molecule has 0 aliphatic heterocycles. The fraction of sp³-hybridized carbons (Fsp3) is 0.133. The minimum Gasteiger partial charge on any atom is -0.380 e. The Balaban J connectivity index is 2.19.